The molecule has 100 valence electrons. The molecule has 1 rings (SSSR count). The van der Waals surface area contributed by atoms with Crippen molar-refractivity contribution in [3.8, 4) is 0 Å². The average molecular weight is 270 g/mol. The van der Waals surface area contributed by atoms with Crippen LogP contribution in [-0.2, 0) is 6.42 Å². The van der Waals surface area contributed by atoms with Crippen molar-refractivity contribution in [2.24, 2.45) is 0 Å². The minimum Gasteiger partial charge on any atom is -0.258 e. The number of benzene rings is 1. The minimum atomic E-state index is -0.331. The maximum Gasteiger partial charge on any atom is 0.272 e. The lowest BCUT2D eigenvalue weighted by Crippen LogP contribution is -1.96. The van der Waals surface area contributed by atoms with Crippen LogP contribution in [0.1, 0.15) is 51.0 Å². The third kappa shape index (κ3) is 5.05. The van der Waals surface area contributed by atoms with Crippen LogP contribution in [0.25, 0.3) is 0 Å². The summed E-state index contributed by atoms with van der Waals surface area (Å²) in [5.74, 6) is 0. The summed E-state index contributed by atoms with van der Waals surface area (Å²) in [5.41, 5.74) is 0.941. The number of hydrogen-bond donors (Lipinski definition) is 0. The molecule has 0 aliphatic heterocycles. The van der Waals surface area contributed by atoms with Gasteiger partial charge in [-0.25, -0.2) is 0 Å². The van der Waals surface area contributed by atoms with Crippen molar-refractivity contribution in [1.82, 2.24) is 0 Å². The van der Waals surface area contributed by atoms with Crippen molar-refractivity contribution in [2.75, 3.05) is 0 Å². The van der Waals surface area contributed by atoms with Crippen molar-refractivity contribution < 1.29 is 4.92 Å². The molecular formula is C14H20ClNO2. The van der Waals surface area contributed by atoms with E-state index in [1.54, 1.807) is 12.1 Å². The fourth-order valence-electron chi connectivity index (χ4n) is 2.03. The van der Waals surface area contributed by atoms with Gasteiger partial charge in [-0.3, -0.25) is 10.1 Å². The highest BCUT2D eigenvalue weighted by Gasteiger charge is 2.13. The standard InChI is InChI=1S/C14H20ClNO2/c1-2-3-4-5-6-7-8-12-11-13(15)9-10-14(12)16(17)18/h9-11H,2-8H2,1H3. The maximum absolute atomic E-state index is 10.9. The zero-order valence-electron chi connectivity index (χ0n) is 10.8. The van der Waals surface area contributed by atoms with Crippen molar-refractivity contribution >= 4 is 17.3 Å². The lowest BCUT2D eigenvalue weighted by molar-refractivity contribution is -0.385. The first-order valence-corrected chi connectivity index (χ1v) is 6.95. The Kier molecular flexibility index (Phi) is 6.73. The predicted molar refractivity (Wildman–Crippen MR) is 75.2 cm³/mol. The Morgan fingerprint density at radius 1 is 1.17 bits per heavy atom. The van der Waals surface area contributed by atoms with Gasteiger partial charge in [-0.05, 0) is 25.0 Å². The molecule has 0 amide bonds. The largest absolute Gasteiger partial charge is 0.272 e. The van der Waals surface area contributed by atoms with E-state index in [9.17, 15) is 10.1 Å². The Hall–Kier alpha value is -1.09. The highest BCUT2D eigenvalue weighted by molar-refractivity contribution is 6.30. The second-order valence-electron chi connectivity index (χ2n) is 4.55. The predicted octanol–water partition coefficient (Wildman–Crippen LogP) is 5.15. The Balaban J connectivity index is 2.45. The van der Waals surface area contributed by atoms with Crippen LogP contribution >= 0.6 is 11.6 Å². The van der Waals surface area contributed by atoms with Gasteiger partial charge >= 0.3 is 0 Å². The Labute approximate surface area is 113 Å². The van der Waals surface area contributed by atoms with Crippen molar-refractivity contribution in [1.29, 1.82) is 0 Å². The number of unbranched alkanes of at least 4 members (excludes halogenated alkanes) is 5. The molecule has 3 nitrogen and oxygen atoms in total. The first kappa shape index (κ1) is 15.0. The van der Waals surface area contributed by atoms with Crippen molar-refractivity contribution in [2.45, 2.75) is 51.9 Å². The van der Waals surface area contributed by atoms with Gasteiger partial charge in [0.2, 0.25) is 0 Å². The van der Waals surface area contributed by atoms with Gasteiger partial charge in [0, 0.05) is 16.7 Å². The number of halogens is 1. The summed E-state index contributed by atoms with van der Waals surface area (Å²) in [6.07, 6.45) is 7.84. The fourth-order valence-corrected chi connectivity index (χ4v) is 2.22. The molecule has 0 aliphatic rings. The second kappa shape index (κ2) is 8.09. The Morgan fingerprint density at radius 3 is 2.50 bits per heavy atom. The summed E-state index contributed by atoms with van der Waals surface area (Å²) < 4.78 is 0. The third-order valence-corrected chi connectivity index (χ3v) is 3.27. The normalized spacial score (nSPS) is 10.6. The van der Waals surface area contributed by atoms with Crippen LogP contribution in [0.15, 0.2) is 18.2 Å². The zero-order chi connectivity index (χ0) is 13.4. The van der Waals surface area contributed by atoms with Crippen LogP contribution in [-0.4, -0.2) is 4.92 Å². The molecule has 1 aromatic carbocycles. The highest BCUT2D eigenvalue weighted by atomic mass is 35.5. The zero-order valence-corrected chi connectivity index (χ0v) is 11.6. The number of nitro groups is 1. The lowest BCUT2D eigenvalue weighted by atomic mass is 10.0. The second-order valence-corrected chi connectivity index (χ2v) is 4.98. The molecule has 0 saturated heterocycles. The molecule has 1 aromatic rings. The SMILES string of the molecule is CCCCCCCCc1cc(Cl)ccc1[N+](=O)[O-]. The van der Waals surface area contributed by atoms with Crippen LogP contribution in [0, 0.1) is 10.1 Å². The van der Waals surface area contributed by atoms with Gasteiger partial charge in [-0.2, -0.15) is 0 Å². The van der Waals surface area contributed by atoms with Gasteiger partial charge < -0.3 is 0 Å². The quantitative estimate of drug-likeness (QED) is 0.372. The van der Waals surface area contributed by atoms with E-state index in [1.165, 1.54) is 31.7 Å². The summed E-state index contributed by atoms with van der Waals surface area (Å²) in [5, 5.41) is 11.4. The number of nitro benzene ring substituents is 1. The maximum atomic E-state index is 10.9. The molecule has 0 bridgehead atoms. The molecule has 0 spiro atoms. The summed E-state index contributed by atoms with van der Waals surface area (Å²) in [4.78, 5) is 10.5. The number of aryl methyl sites for hydroxylation is 1. The van der Waals surface area contributed by atoms with Crippen molar-refractivity contribution in [3.05, 3.63) is 38.9 Å². The molecule has 0 radical (unpaired) electrons. The monoisotopic (exact) mass is 269 g/mol. The fraction of sp³-hybridized carbons (Fsp3) is 0.571. The van der Waals surface area contributed by atoms with E-state index in [1.807, 2.05) is 0 Å². The molecule has 0 unspecified atom stereocenters. The molecule has 0 aromatic heterocycles. The summed E-state index contributed by atoms with van der Waals surface area (Å²) in [6.45, 7) is 2.19. The van der Waals surface area contributed by atoms with Gasteiger partial charge in [-0.1, -0.05) is 50.6 Å². The van der Waals surface area contributed by atoms with Gasteiger partial charge in [0.25, 0.3) is 5.69 Å². The van der Waals surface area contributed by atoms with Crippen molar-refractivity contribution in [3.63, 3.8) is 0 Å². The molecule has 0 aliphatic carbocycles. The van der Waals surface area contributed by atoms with E-state index in [0.29, 0.717) is 5.02 Å². The minimum absolute atomic E-state index is 0.188. The molecule has 0 N–H and O–H groups in total. The van der Waals surface area contributed by atoms with E-state index in [4.69, 9.17) is 11.6 Å². The topological polar surface area (TPSA) is 43.1 Å². The lowest BCUT2D eigenvalue weighted by Gasteiger charge is -2.04. The third-order valence-electron chi connectivity index (χ3n) is 3.04. The van der Waals surface area contributed by atoms with Gasteiger partial charge in [0.05, 0.1) is 4.92 Å². The van der Waals surface area contributed by atoms with Crippen LogP contribution < -0.4 is 0 Å². The Morgan fingerprint density at radius 2 is 1.83 bits per heavy atom. The summed E-state index contributed by atoms with van der Waals surface area (Å²) in [6, 6.07) is 4.78. The van der Waals surface area contributed by atoms with Crippen LogP contribution in [0.2, 0.25) is 5.02 Å². The van der Waals surface area contributed by atoms with Gasteiger partial charge in [-0.15, -0.1) is 0 Å². The summed E-state index contributed by atoms with van der Waals surface area (Å²) >= 11 is 5.88. The van der Waals surface area contributed by atoms with Crippen LogP contribution in [0.3, 0.4) is 0 Å². The molecule has 0 atom stereocenters. The first-order chi connectivity index (χ1) is 8.65. The molecule has 4 heteroatoms. The first-order valence-electron chi connectivity index (χ1n) is 6.58. The highest BCUT2D eigenvalue weighted by Crippen LogP contribution is 2.24. The number of nitrogens with zero attached hydrogens (tertiary/aromatic N) is 1. The van der Waals surface area contributed by atoms with E-state index in [2.05, 4.69) is 6.92 Å². The van der Waals surface area contributed by atoms with E-state index >= 15 is 0 Å². The summed E-state index contributed by atoms with van der Waals surface area (Å²) in [7, 11) is 0. The molecule has 0 fully saturated rings. The smallest absolute Gasteiger partial charge is 0.258 e. The van der Waals surface area contributed by atoms with E-state index < -0.39 is 0 Å². The van der Waals surface area contributed by atoms with Gasteiger partial charge in [0.1, 0.15) is 0 Å². The number of rotatable bonds is 8. The average Bonchev–Trinajstić information content (AvgIpc) is 2.33. The van der Waals surface area contributed by atoms with Crippen LogP contribution in [0.5, 0.6) is 0 Å². The molecule has 0 heterocycles. The van der Waals surface area contributed by atoms with E-state index in [0.717, 1.165) is 24.8 Å². The molecule has 18 heavy (non-hydrogen) atoms. The van der Waals surface area contributed by atoms with Crippen LogP contribution in [0.4, 0.5) is 5.69 Å². The Bertz CT molecular complexity index is 393. The van der Waals surface area contributed by atoms with Gasteiger partial charge in [0.15, 0.2) is 0 Å². The number of hydrogen-bond acceptors (Lipinski definition) is 2. The molecular weight excluding hydrogens is 250 g/mol. The molecule has 0 saturated carbocycles. The van der Waals surface area contributed by atoms with E-state index in [-0.39, 0.29) is 10.6 Å².